The van der Waals surface area contributed by atoms with Crippen molar-refractivity contribution < 1.29 is 22.5 Å². The van der Waals surface area contributed by atoms with Crippen LogP contribution in [-0.4, -0.2) is 13.7 Å². The number of fused-ring (bicyclic) bond motifs is 30. The molecule has 0 aliphatic carbocycles. The maximum atomic E-state index is 15.6. The molecule has 0 saturated heterocycles. The second-order valence-corrected chi connectivity index (χ2v) is 41.9. The lowest BCUT2D eigenvalue weighted by Crippen LogP contribution is -2.21. The van der Waals surface area contributed by atoms with Crippen LogP contribution >= 0.6 is 32.8 Å². The SMILES string of the molecule is O=P1(c2ccccc2)c2ccccc2-c2ccc3c(c21)c1ccccc1n3-c1ccc(-c2cccc3c2sc2ccccc23)cc1.O=P1(c2ccccc2)c2ccccc2-c2ccc3c(c21)c1ccccc1n3-c1ccc2c(c1)oc1ccccc12.O=P1(c2ccccc2)c2ccccc2-c2ccc3c(c21)c1ccccc1n3-c1cccc2c1oc1ccccc12. The molecule has 6 aromatic heterocycles. The van der Waals surface area contributed by atoms with Gasteiger partial charge >= 0.3 is 0 Å². The van der Waals surface area contributed by atoms with E-state index in [2.05, 4.69) is 268 Å². The van der Waals surface area contributed by atoms with Gasteiger partial charge in [-0.25, -0.2) is 0 Å². The van der Waals surface area contributed by atoms with Gasteiger partial charge in [0.1, 0.15) is 16.7 Å². The number of benzene rings is 19. The quantitative estimate of drug-likeness (QED) is 0.148. The molecule has 0 radical (unpaired) electrons. The van der Waals surface area contributed by atoms with E-state index in [1.54, 1.807) is 0 Å². The molecule has 3 aliphatic heterocycles. The van der Waals surface area contributed by atoms with Gasteiger partial charge < -0.3 is 36.2 Å². The number of aromatic nitrogens is 3. The molecule has 3 atom stereocenters. The zero-order chi connectivity index (χ0) is 83.3. The van der Waals surface area contributed by atoms with Gasteiger partial charge in [0, 0.05) is 139 Å². The summed E-state index contributed by atoms with van der Waals surface area (Å²) in [6.45, 7) is 0. The van der Waals surface area contributed by atoms with Gasteiger partial charge in [0.2, 0.25) is 0 Å². The van der Waals surface area contributed by atoms with Crippen LogP contribution in [0, 0.1) is 0 Å². The van der Waals surface area contributed by atoms with E-state index in [-0.39, 0.29) is 0 Å². The third-order valence-electron chi connectivity index (χ3n) is 26.4. The average molecular weight is 1690 g/mol. The van der Waals surface area contributed by atoms with Crippen molar-refractivity contribution in [1.82, 2.24) is 13.7 Å². The molecule has 3 aliphatic rings. The second-order valence-electron chi connectivity index (χ2n) is 32.9. The van der Waals surface area contributed by atoms with Crippen LogP contribution in [0.5, 0.6) is 0 Å². The van der Waals surface area contributed by atoms with E-state index in [1.807, 2.05) is 181 Å². The van der Waals surface area contributed by atoms with E-state index in [9.17, 15) is 0 Å². The fourth-order valence-electron chi connectivity index (χ4n) is 21.1. The van der Waals surface area contributed by atoms with E-state index >= 15 is 13.7 Å². The monoisotopic (exact) mass is 1690 g/mol. The number of furan rings is 2. The van der Waals surface area contributed by atoms with Crippen LogP contribution in [0.15, 0.2) is 433 Å². The molecule has 19 aromatic carbocycles. The molecule has 3 unspecified atom stereocenters. The van der Waals surface area contributed by atoms with E-state index in [1.165, 1.54) is 31.3 Å². The minimum atomic E-state index is -3.14. The lowest BCUT2D eigenvalue weighted by Gasteiger charge is -2.17. The fourth-order valence-corrected chi connectivity index (χ4v) is 32.2. The summed E-state index contributed by atoms with van der Waals surface area (Å²) in [6, 6.07) is 147. The summed E-state index contributed by atoms with van der Waals surface area (Å²) >= 11 is 1.86. The van der Waals surface area contributed by atoms with Crippen LogP contribution in [0.25, 0.3) is 191 Å². The molecule has 0 fully saturated rings. The Morgan fingerprint density at radius 1 is 0.230 bits per heavy atom. The Kier molecular flexibility index (Phi) is 16.0. The maximum absolute atomic E-state index is 15.6. The smallest absolute Gasteiger partial charge is 0.172 e. The van der Waals surface area contributed by atoms with Gasteiger partial charge in [-0.15, -0.1) is 11.3 Å². The Hall–Kier alpha value is -14.9. The summed E-state index contributed by atoms with van der Waals surface area (Å²) in [5, 5.41) is 21.7. The van der Waals surface area contributed by atoms with Crippen molar-refractivity contribution in [2.24, 2.45) is 0 Å². The summed E-state index contributed by atoms with van der Waals surface area (Å²) in [5.41, 5.74) is 21.8. The van der Waals surface area contributed by atoms with Gasteiger partial charge in [0.25, 0.3) is 0 Å². The number of hydrogen-bond acceptors (Lipinski definition) is 6. The molecule has 25 aromatic rings. The number of hydrogen-bond donors (Lipinski definition) is 0. The third kappa shape index (κ3) is 10.3. The molecule has 12 heteroatoms. The zero-order valence-electron chi connectivity index (χ0n) is 67.5. The highest BCUT2D eigenvalue weighted by Gasteiger charge is 2.46. The van der Waals surface area contributed by atoms with Crippen molar-refractivity contribution in [3.8, 4) is 61.6 Å². The Labute approximate surface area is 727 Å². The predicted molar refractivity (Wildman–Crippen MR) is 530 cm³/mol. The molecule has 126 heavy (non-hydrogen) atoms. The van der Waals surface area contributed by atoms with Gasteiger partial charge in [-0.2, -0.15) is 0 Å². The highest BCUT2D eigenvalue weighted by atomic mass is 32.1. The highest BCUT2D eigenvalue weighted by Crippen LogP contribution is 2.59. The maximum Gasteiger partial charge on any atom is 0.172 e. The molecule has 9 heterocycles. The van der Waals surface area contributed by atoms with Crippen molar-refractivity contribution in [2.75, 3.05) is 0 Å². The van der Waals surface area contributed by atoms with Crippen molar-refractivity contribution in [3.05, 3.63) is 425 Å². The zero-order valence-corrected chi connectivity index (χ0v) is 71.0. The van der Waals surface area contributed by atoms with Gasteiger partial charge in [0.15, 0.2) is 27.0 Å². The van der Waals surface area contributed by atoms with Crippen molar-refractivity contribution in [3.63, 3.8) is 0 Å². The first kappa shape index (κ1) is 72.7. The minimum Gasteiger partial charge on any atom is -0.456 e. The highest BCUT2D eigenvalue weighted by molar-refractivity contribution is 7.88. The fraction of sp³-hybridized carbons (Fsp3) is 0. The Balaban J connectivity index is 0.000000101. The van der Waals surface area contributed by atoms with Crippen LogP contribution in [-0.2, 0) is 13.7 Å². The van der Waals surface area contributed by atoms with Crippen LogP contribution in [0.4, 0.5) is 0 Å². The normalized spacial score (nSPS) is 16.0. The van der Waals surface area contributed by atoms with Gasteiger partial charge in [-0.1, -0.05) is 334 Å². The molecule has 0 bridgehead atoms. The molecule has 0 spiro atoms. The van der Waals surface area contributed by atoms with Crippen molar-refractivity contribution in [2.45, 2.75) is 0 Å². The third-order valence-corrected chi connectivity index (χ3v) is 37.2. The van der Waals surface area contributed by atoms with Gasteiger partial charge in [0.05, 0.1) is 38.8 Å². The van der Waals surface area contributed by atoms with Crippen LogP contribution in [0.3, 0.4) is 0 Å². The first-order valence-electron chi connectivity index (χ1n) is 42.5. The molecule has 592 valence electrons. The summed E-state index contributed by atoms with van der Waals surface area (Å²) in [5.74, 6) is 0. The second kappa shape index (κ2) is 27.8. The van der Waals surface area contributed by atoms with Gasteiger partial charge in [-0.05, 0) is 129 Å². The van der Waals surface area contributed by atoms with Crippen LogP contribution in [0.1, 0.15) is 0 Å². The molecular formula is C114H70N3O5P3S. The number of para-hydroxylation sites is 6. The predicted octanol–water partition coefficient (Wildman–Crippen LogP) is 27.0. The topological polar surface area (TPSA) is 92.3 Å². The average Bonchev–Trinajstić information content (AvgIpc) is 1.53. The van der Waals surface area contributed by atoms with Crippen molar-refractivity contribution in [1.29, 1.82) is 0 Å². The van der Waals surface area contributed by atoms with E-state index in [0.717, 1.165) is 207 Å². The summed E-state index contributed by atoms with van der Waals surface area (Å²) in [4.78, 5) is 0. The Morgan fingerprint density at radius 3 is 1.11 bits per heavy atom. The summed E-state index contributed by atoms with van der Waals surface area (Å²) in [6.07, 6.45) is 0. The molecule has 8 nitrogen and oxygen atoms in total. The van der Waals surface area contributed by atoms with E-state index in [4.69, 9.17) is 8.83 Å². The first-order valence-corrected chi connectivity index (χ1v) is 48.4. The standard InChI is InChI=1S/C42H26NOPS.2C36H22NO2P/c44-45(29-11-2-1-3-12-29)38-19-8-5-13-31(38)33-25-26-37-40(41(33)45)35-15-4-7-18-36(35)43(37)28-23-21-27(22-24-28)30-16-10-17-34-32-14-6-9-20-39(32)46-42(30)34;38-40(23-11-2-1-3-12-23)33-20-9-6-14-25(33)27-21-22-30-34(36(27)40)28-15-4-7-17-29(28)37(30)31-18-10-16-26-24-13-5-8-19-32(24)39-35(26)31;38-40(24-10-2-1-3-11-24)34-17-9-6-13-27(34)28-20-21-31-35(36(28)40)29-14-4-7-15-30(29)37(31)23-18-19-26-25-12-5-8-16-32(25)39-33(26)22-23/h1-26H;2*1-22H. The molecule has 28 rings (SSSR count). The number of rotatable bonds is 7. The lowest BCUT2D eigenvalue weighted by molar-refractivity contribution is 0.592. The summed E-state index contributed by atoms with van der Waals surface area (Å²) in [7, 11) is -9.39. The molecule has 0 N–H and O–H groups in total. The number of nitrogens with zero attached hydrogens (tertiary/aromatic N) is 3. The van der Waals surface area contributed by atoms with Gasteiger partial charge in [-0.3, -0.25) is 0 Å². The van der Waals surface area contributed by atoms with Crippen LogP contribution in [0.2, 0.25) is 0 Å². The van der Waals surface area contributed by atoms with E-state index < -0.39 is 21.4 Å². The number of thiophene rings is 1. The Morgan fingerprint density at radius 2 is 0.595 bits per heavy atom. The Bertz CT molecular complexity index is 9110. The molecule has 0 amide bonds. The summed E-state index contributed by atoms with van der Waals surface area (Å²) < 4.78 is 69.0. The first-order chi connectivity index (χ1) is 62.2. The van der Waals surface area contributed by atoms with Crippen molar-refractivity contribution >= 4 is 210 Å². The van der Waals surface area contributed by atoms with E-state index in [0.29, 0.717) is 0 Å². The van der Waals surface area contributed by atoms with Crippen LogP contribution < -0.4 is 47.7 Å². The lowest BCUT2D eigenvalue weighted by atomic mass is 10.0. The molecule has 0 saturated carbocycles. The molecular weight excluding hydrogens is 1620 g/mol. The minimum absolute atomic E-state index is 0.848. The largest absolute Gasteiger partial charge is 0.456 e.